The highest BCUT2D eigenvalue weighted by molar-refractivity contribution is 5.76. The van der Waals surface area contributed by atoms with E-state index in [0.717, 1.165) is 23.0 Å². The Morgan fingerprint density at radius 3 is 2.88 bits per heavy atom. The number of carbonyl (C=O) groups is 1. The van der Waals surface area contributed by atoms with Crippen molar-refractivity contribution in [3.63, 3.8) is 0 Å². The van der Waals surface area contributed by atoms with Crippen LogP contribution < -0.4 is 11.2 Å². The highest BCUT2D eigenvalue weighted by atomic mass is 16.2. The summed E-state index contributed by atoms with van der Waals surface area (Å²) in [6, 6.07) is 1.45. The van der Waals surface area contributed by atoms with Gasteiger partial charge < -0.3 is 4.90 Å². The first kappa shape index (κ1) is 16.2. The number of aryl methyl sites for hydroxylation is 1. The average molecular weight is 331 g/mol. The van der Waals surface area contributed by atoms with E-state index >= 15 is 0 Å². The molecule has 3 heterocycles. The summed E-state index contributed by atoms with van der Waals surface area (Å²) in [6.07, 6.45) is 7.05. The van der Waals surface area contributed by atoms with Gasteiger partial charge in [0.25, 0.3) is 5.56 Å². The fourth-order valence-corrected chi connectivity index (χ4v) is 3.01. The van der Waals surface area contributed by atoms with E-state index in [9.17, 15) is 14.4 Å². The minimum Gasteiger partial charge on any atom is -0.339 e. The molecule has 0 unspecified atom stereocenters. The van der Waals surface area contributed by atoms with E-state index in [4.69, 9.17) is 0 Å². The predicted octanol–water partition coefficient (Wildman–Crippen LogP) is -0.0844. The van der Waals surface area contributed by atoms with Crippen molar-refractivity contribution in [2.75, 3.05) is 13.1 Å². The molecule has 0 bridgehead atoms. The van der Waals surface area contributed by atoms with Gasteiger partial charge in [-0.1, -0.05) is 0 Å². The maximum Gasteiger partial charge on any atom is 0.331 e. The number of likely N-dealkylation sites (tertiary alicyclic amines) is 1. The summed E-state index contributed by atoms with van der Waals surface area (Å²) in [6.45, 7) is 3.19. The Kier molecular flexibility index (Phi) is 4.37. The molecule has 1 saturated heterocycles. The molecule has 0 radical (unpaired) electrons. The van der Waals surface area contributed by atoms with E-state index in [0.29, 0.717) is 13.1 Å². The molecule has 0 aromatic carbocycles. The van der Waals surface area contributed by atoms with Gasteiger partial charge in [0, 0.05) is 38.6 Å². The summed E-state index contributed by atoms with van der Waals surface area (Å²) < 4.78 is 4.18. The van der Waals surface area contributed by atoms with Gasteiger partial charge in [0.1, 0.15) is 6.54 Å². The number of hydrogen-bond donors (Lipinski definition) is 0. The summed E-state index contributed by atoms with van der Waals surface area (Å²) in [7, 11) is 1.41. The van der Waals surface area contributed by atoms with E-state index in [1.54, 1.807) is 4.90 Å². The van der Waals surface area contributed by atoms with Gasteiger partial charge >= 0.3 is 5.69 Å². The van der Waals surface area contributed by atoms with Gasteiger partial charge in [-0.15, -0.1) is 0 Å². The van der Waals surface area contributed by atoms with Crippen LogP contribution in [0.3, 0.4) is 0 Å². The highest BCUT2D eigenvalue weighted by Gasteiger charge is 2.25. The van der Waals surface area contributed by atoms with Crippen molar-refractivity contribution in [1.29, 1.82) is 0 Å². The zero-order valence-electron chi connectivity index (χ0n) is 13.9. The summed E-state index contributed by atoms with van der Waals surface area (Å²) in [5.41, 5.74) is 0.234. The van der Waals surface area contributed by atoms with Gasteiger partial charge in [0.15, 0.2) is 0 Å². The van der Waals surface area contributed by atoms with E-state index in [1.165, 1.54) is 23.9 Å². The summed E-state index contributed by atoms with van der Waals surface area (Å²) in [5.74, 6) is -0.121. The molecule has 2 aromatic rings. The zero-order chi connectivity index (χ0) is 17.3. The van der Waals surface area contributed by atoms with Gasteiger partial charge in [-0.25, -0.2) is 4.79 Å². The first-order chi connectivity index (χ1) is 11.5. The molecule has 1 amide bonds. The summed E-state index contributed by atoms with van der Waals surface area (Å²) in [4.78, 5) is 37.8. The molecular formula is C16H21N5O3. The van der Waals surface area contributed by atoms with Crippen molar-refractivity contribution in [3.8, 4) is 0 Å². The van der Waals surface area contributed by atoms with Crippen LogP contribution >= 0.6 is 0 Å². The van der Waals surface area contributed by atoms with E-state index < -0.39 is 5.69 Å². The number of rotatable bonds is 3. The Morgan fingerprint density at radius 2 is 2.17 bits per heavy atom. The van der Waals surface area contributed by atoms with Crippen LogP contribution in [0.1, 0.15) is 24.4 Å². The SMILES string of the molecule is Cc1cnn([C@@H]2CCCN(C(=O)Cn3ccc(=O)n(C)c3=O)C2)c1. The Labute approximate surface area is 138 Å². The maximum atomic E-state index is 12.5. The summed E-state index contributed by atoms with van der Waals surface area (Å²) >= 11 is 0. The van der Waals surface area contributed by atoms with Crippen LogP contribution in [0.2, 0.25) is 0 Å². The van der Waals surface area contributed by atoms with E-state index in [1.807, 2.05) is 24.0 Å². The lowest BCUT2D eigenvalue weighted by molar-refractivity contribution is -0.133. The minimum atomic E-state index is -0.480. The van der Waals surface area contributed by atoms with Crippen LogP contribution in [0.15, 0.2) is 34.2 Å². The topological polar surface area (TPSA) is 82.1 Å². The van der Waals surface area contributed by atoms with Gasteiger partial charge in [-0.05, 0) is 25.3 Å². The Bertz CT molecular complexity index is 863. The number of hydrogen-bond acceptors (Lipinski definition) is 4. The standard InChI is InChI=1S/C16H21N5O3/c1-12-8-17-21(9-12)13-4-3-6-19(10-13)15(23)11-20-7-5-14(22)18(2)16(20)24/h5,7-9,13H,3-4,6,10-11H2,1-2H3/t13-/m1/s1. The van der Waals surface area contributed by atoms with Crippen LogP contribution in [0.25, 0.3) is 0 Å². The minimum absolute atomic E-state index is 0.0577. The number of nitrogens with zero attached hydrogens (tertiary/aromatic N) is 5. The van der Waals surface area contributed by atoms with Crippen molar-refractivity contribution in [2.24, 2.45) is 7.05 Å². The second-order valence-electron chi connectivity index (χ2n) is 6.26. The average Bonchev–Trinajstić information content (AvgIpc) is 3.02. The molecular weight excluding hydrogens is 310 g/mol. The smallest absolute Gasteiger partial charge is 0.331 e. The van der Waals surface area contributed by atoms with Crippen molar-refractivity contribution < 1.29 is 4.79 Å². The first-order valence-corrected chi connectivity index (χ1v) is 8.00. The molecule has 24 heavy (non-hydrogen) atoms. The van der Waals surface area contributed by atoms with Crippen LogP contribution in [-0.4, -0.2) is 42.8 Å². The number of amides is 1. The molecule has 3 rings (SSSR count). The third-order valence-electron chi connectivity index (χ3n) is 4.42. The largest absolute Gasteiger partial charge is 0.339 e. The van der Waals surface area contributed by atoms with Gasteiger partial charge in [-0.3, -0.25) is 23.4 Å². The molecule has 1 atom stereocenters. The highest BCUT2D eigenvalue weighted by Crippen LogP contribution is 2.21. The van der Waals surface area contributed by atoms with Crippen LogP contribution in [-0.2, 0) is 18.4 Å². The molecule has 0 N–H and O–H groups in total. The molecule has 1 aliphatic rings. The molecule has 128 valence electrons. The fraction of sp³-hybridized carbons (Fsp3) is 0.500. The lowest BCUT2D eigenvalue weighted by Gasteiger charge is -2.33. The second kappa shape index (κ2) is 6.46. The monoisotopic (exact) mass is 331 g/mol. The lowest BCUT2D eigenvalue weighted by atomic mass is 10.1. The molecule has 0 aliphatic carbocycles. The molecule has 8 heteroatoms. The fourth-order valence-electron chi connectivity index (χ4n) is 3.01. The predicted molar refractivity (Wildman–Crippen MR) is 87.8 cm³/mol. The number of aromatic nitrogens is 4. The third kappa shape index (κ3) is 3.17. The Hall–Kier alpha value is -2.64. The van der Waals surface area contributed by atoms with Crippen LogP contribution in [0, 0.1) is 6.92 Å². The van der Waals surface area contributed by atoms with Gasteiger partial charge in [-0.2, -0.15) is 5.10 Å². The molecule has 2 aromatic heterocycles. The quantitative estimate of drug-likeness (QED) is 0.787. The van der Waals surface area contributed by atoms with Crippen LogP contribution in [0.4, 0.5) is 0 Å². The number of carbonyl (C=O) groups excluding carboxylic acids is 1. The normalized spacial score (nSPS) is 17.9. The second-order valence-corrected chi connectivity index (χ2v) is 6.26. The van der Waals surface area contributed by atoms with Crippen LogP contribution in [0.5, 0.6) is 0 Å². The summed E-state index contributed by atoms with van der Waals surface area (Å²) in [5, 5.41) is 4.34. The molecule has 0 spiro atoms. The third-order valence-corrected chi connectivity index (χ3v) is 4.42. The first-order valence-electron chi connectivity index (χ1n) is 8.00. The Balaban J connectivity index is 1.72. The van der Waals surface area contributed by atoms with Crippen molar-refractivity contribution >= 4 is 5.91 Å². The van der Waals surface area contributed by atoms with Gasteiger partial charge in [0.05, 0.1) is 12.2 Å². The van der Waals surface area contributed by atoms with Gasteiger partial charge in [0.2, 0.25) is 5.91 Å². The molecule has 8 nitrogen and oxygen atoms in total. The van der Waals surface area contributed by atoms with E-state index in [-0.39, 0.29) is 24.1 Å². The van der Waals surface area contributed by atoms with Crippen molar-refractivity contribution in [2.45, 2.75) is 32.4 Å². The maximum absolute atomic E-state index is 12.5. The molecule has 1 aliphatic heterocycles. The van der Waals surface area contributed by atoms with E-state index in [2.05, 4.69) is 5.10 Å². The van der Waals surface area contributed by atoms with Crippen molar-refractivity contribution in [1.82, 2.24) is 23.8 Å². The van der Waals surface area contributed by atoms with Crippen molar-refractivity contribution in [3.05, 3.63) is 51.1 Å². The Morgan fingerprint density at radius 1 is 1.38 bits per heavy atom. The molecule has 0 saturated carbocycles. The lowest BCUT2D eigenvalue weighted by Crippen LogP contribution is -2.45. The molecule has 1 fully saturated rings. The zero-order valence-corrected chi connectivity index (χ0v) is 13.9. The number of piperidine rings is 1.